The van der Waals surface area contributed by atoms with Crippen LogP contribution in [0.3, 0.4) is 0 Å². The molecule has 0 radical (unpaired) electrons. The van der Waals surface area contributed by atoms with Crippen molar-refractivity contribution >= 4 is 5.91 Å². The highest BCUT2D eigenvalue weighted by Crippen LogP contribution is 2.23. The van der Waals surface area contributed by atoms with E-state index in [1.54, 1.807) is 6.08 Å². The number of amides is 1. The number of nitrogens with one attached hydrogen (secondary N) is 1. The zero-order chi connectivity index (χ0) is 44.4. The molecule has 0 aromatic carbocycles. The number of ether oxygens (including phenoxy) is 2. The molecule has 0 aliphatic carbocycles. The van der Waals surface area contributed by atoms with Crippen LogP contribution in [0.1, 0.15) is 219 Å². The molecular formula is C52H95NO8. The molecule has 1 amide bonds. The van der Waals surface area contributed by atoms with Crippen molar-refractivity contribution in [2.24, 2.45) is 0 Å². The van der Waals surface area contributed by atoms with Gasteiger partial charge in [-0.25, -0.2) is 0 Å². The zero-order valence-electron chi connectivity index (χ0n) is 39.2. The molecule has 61 heavy (non-hydrogen) atoms. The molecule has 1 aliphatic heterocycles. The predicted molar refractivity (Wildman–Crippen MR) is 253 cm³/mol. The van der Waals surface area contributed by atoms with Gasteiger partial charge in [0, 0.05) is 6.42 Å². The van der Waals surface area contributed by atoms with Gasteiger partial charge in [-0.1, -0.05) is 204 Å². The summed E-state index contributed by atoms with van der Waals surface area (Å²) in [6.07, 6.45) is 47.2. The van der Waals surface area contributed by atoms with E-state index >= 15 is 0 Å². The van der Waals surface area contributed by atoms with E-state index in [2.05, 4.69) is 55.6 Å². The van der Waals surface area contributed by atoms with Gasteiger partial charge in [0.15, 0.2) is 6.29 Å². The summed E-state index contributed by atoms with van der Waals surface area (Å²) < 4.78 is 11.2. The zero-order valence-corrected chi connectivity index (χ0v) is 39.2. The minimum absolute atomic E-state index is 0.185. The molecule has 0 bridgehead atoms. The summed E-state index contributed by atoms with van der Waals surface area (Å²) in [6, 6.07) is -0.809. The van der Waals surface area contributed by atoms with Crippen molar-refractivity contribution in [3.05, 3.63) is 48.6 Å². The Balaban J connectivity index is 2.30. The maximum atomic E-state index is 13.0. The summed E-state index contributed by atoms with van der Waals surface area (Å²) in [5, 5.41) is 54.3. The van der Waals surface area contributed by atoms with E-state index in [4.69, 9.17) is 9.47 Å². The van der Waals surface area contributed by atoms with Crippen LogP contribution in [-0.2, 0) is 14.3 Å². The van der Waals surface area contributed by atoms with Crippen LogP contribution in [0.2, 0.25) is 0 Å². The van der Waals surface area contributed by atoms with Gasteiger partial charge < -0.3 is 40.3 Å². The van der Waals surface area contributed by atoms with E-state index in [9.17, 15) is 30.3 Å². The minimum atomic E-state index is -1.57. The number of hydrogen-bond donors (Lipinski definition) is 6. The fraction of sp³-hybridized carbons (Fsp3) is 0.827. The van der Waals surface area contributed by atoms with Gasteiger partial charge in [-0.05, 0) is 57.8 Å². The van der Waals surface area contributed by atoms with Crippen molar-refractivity contribution < 1.29 is 39.8 Å². The van der Waals surface area contributed by atoms with Crippen LogP contribution >= 0.6 is 0 Å². The van der Waals surface area contributed by atoms with Gasteiger partial charge in [0.2, 0.25) is 5.91 Å². The number of carbonyl (C=O) groups excluding carboxylic acids is 1. The molecular weight excluding hydrogens is 767 g/mol. The fourth-order valence-electron chi connectivity index (χ4n) is 7.81. The topological polar surface area (TPSA) is 149 Å². The Morgan fingerprint density at radius 2 is 0.967 bits per heavy atom. The summed E-state index contributed by atoms with van der Waals surface area (Å²) in [4.78, 5) is 13.0. The molecule has 9 nitrogen and oxygen atoms in total. The van der Waals surface area contributed by atoms with Crippen LogP contribution in [0.4, 0.5) is 0 Å². The molecule has 0 aromatic rings. The first-order chi connectivity index (χ1) is 29.8. The SMILES string of the molecule is CCCCCCC/C=C\C/C=C\C/C=C\CCCCCCCCCCC(=O)NC(COC1OC(CO)C(O)C(O)C1O)C(O)/C=C/CCCCCCCCCCCCCCC. The Kier molecular flexibility index (Phi) is 39.5. The van der Waals surface area contributed by atoms with Gasteiger partial charge in [0.1, 0.15) is 24.4 Å². The lowest BCUT2D eigenvalue weighted by Gasteiger charge is -2.40. The highest BCUT2D eigenvalue weighted by atomic mass is 16.7. The van der Waals surface area contributed by atoms with E-state index in [0.717, 1.165) is 64.2 Å². The summed E-state index contributed by atoms with van der Waals surface area (Å²) in [6.45, 7) is 3.76. The minimum Gasteiger partial charge on any atom is -0.394 e. The van der Waals surface area contributed by atoms with Crippen LogP contribution in [0, 0.1) is 0 Å². The standard InChI is InChI=1S/C52H95NO8/c1-3-5-7-9-11-13-15-17-19-20-21-22-23-24-25-26-28-30-32-34-36-38-40-42-48(56)53-45(44-60-52-51(59)50(58)49(57)47(43-54)61-52)46(55)41-39-37-35-33-31-29-27-18-16-14-12-10-8-6-4-2/h15,17,20-21,23-24,39,41,45-47,49-52,54-55,57-59H,3-14,16,18-19,22,25-38,40,42-44H2,1-2H3,(H,53,56)/b17-15-,21-20-,24-23-,41-39+. The summed E-state index contributed by atoms with van der Waals surface area (Å²) in [5.41, 5.74) is 0. The van der Waals surface area contributed by atoms with E-state index in [1.807, 2.05) is 6.08 Å². The molecule has 7 atom stereocenters. The maximum absolute atomic E-state index is 13.0. The molecule has 1 aliphatic rings. The third kappa shape index (κ3) is 32.5. The molecule has 9 heteroatoms. The van der Waals surface area contributed by atoms with Crippen LogP contribution in [-0.4, -0.2) is 87.5 Å². The van der Waals surface area contributed by atoms with Crippen LogP contribution < -0.4 is 5.32 Å². The largest absolute Gasteiger partial charge is 0.394 e. The quantitative estimate of drug-likeness (QED) is 0.0262. The second kappa shape index (κ2) is 42.1. The average molecular weight is 862 g/mol. The Hall–Kier alpha value is -1.85. The number of hydrogen-bond acceptors (Lipinski definition) is 8. The highest BCUT2D eigenvalue weighted by Gasteiger charge is 2.44. The van der Waals surface area contributed by atoms with Crippen LogP contribution in [0.25, 0.3) is 0 Å². The number of rotatable bonds is 42. The van der Waals surface area contributed by atoms with Gasteiger partial charge in [0.25, 0.3) is 0 Å². The van der Waals surface area contributed by atoms with Crippen molar-refractivity contribution in [1.29, 1.82) is 0 Å². The van der Waals surface area contributed by atoms with Crippen molar-refractivity contribution in [2.75, 3.05) is 13.2 Å². The lowest BCUT2D eigenvalue weighted by atomic mass is 9.99. The first-order valence-corrected chi connectivity index (χ1v) is 25.4. The molecule has 0 spiro atoms. The lowest BCUT2D eigenvalue weighted by molar-refractivity contribution is -0.302. The average Bonchev–Trinajstić information content (AvgIpc) is 3.26. The fourth-order valence-corrected chi connectivity index (χ4v) is 7.81. The molecule has 0 saturated carbocycles. The number of allylic oxidation sites excluding steroid dienone is 7. The number of aliphatic hydroxyl groups is 5. The van der Waals surface area contributed by atoms with Gasteiger partial charge in [-0.15, -0.1) is 0 Å². The monoisotopic (exact) mass is 862 g/mol. The van der Waals surface area contributed by atoms with Gasteiger partial charge in [-0.3, -0.25) is 4.79 Å². The van der Waals surface area contributed by atoms with Gasteiger partial charge in [0.05, 0.1) is 25.4 Å². The van der Waals surface area contributed by atoms with E-state index < -0.39 is 49.5 Å². The number of aliphatic hydroxyl groups excluding tert-OH is 5. The highest BCUT2D eigenvalue weighted by molar-refractivity contribution is 5.76. The summed E-state index contributed by atoms with van der Waals surface area (Å²) in [5.74, 6) is -0.185. The molecule has 1 fully saturated rings. The van der Waals surface area contributed by atoms with Crippen molar-refractivity contribution in [2.45, 2.75) is 262 Å². The molecule has 356 valence electrons. The predicted octanol–water partition coefficient (Wildman–Crippen LogP) is 11.4. The smallest absolute Gasteiger partial charge is 0.220 e. The Labute approximate surface area is 373 Å². The summed E-state index contributed by atoms with van der Waals surface area (Å²) in [7, 11) is 0. The number of carbonyl (C=O) groups is 1. The molecule has 1 rings (SSSR count). The van der Waals surface area contributed by atoms with Crippen molar-refractivity contribution in [3.63, 3.8) is 0 Å². The Morgan fingerprint density at radius 1 is 0.557 bits per heavy atom. The second-order valence-electron chi connectivity index (χ2n) is 17.6. The van der Waals surface area contributed by atoms with Crippen LogP contribution in [0.5, 0.6) is 0 Å². The molecule has 6 N–H and O–H groups in total. The first kappa shape index (κ1) is 57.2. The third-order valence-electron chi connectivity index (χ3n) is 11.9. The Bertz CT molecular complexity index is 1090. The normalized spacial score (nSPS) is 20.8. The van der Waals surface area contributed by atoms with E-state index in [0.29, 0.717) is 6.42 Å². The molecule has 1 saturated heterocycles. The van der Waals surface area contributed by atoms with E-state index in [1.165, 1.54) is 135 Å². The van der Waals surface area contributed by atoms with Gasteiger partial charge >= 0.3 is 0 Å². The lowest BCUT2D eigenvalue weighted by Crippen LogP contribution is -2.60. The number of unbranched alkanes of at least 4 members (excludes halogenated alkanes) is 26. The first-order valence-electron chi connectivity index (χ1n) is 25.4. The second-order valence-corrected chi connectivity index (χ2v) is 17.6. The molecule has 0 aromatic heterocycles. The molecule has 7 unspecified atom stereocenters. The van der Waals surface area contributed by atoms with Crippen LogP contribution in [0.15, 0.2) is 48.6 Å². The maximum Gasteiger partial charge on any atom is 0.220 e. The van der Waals surface area contributed by atoms with Crippen molar-refractivity contribution in [1.82, 2.24) is 5.32 Å². The third-order valence-corrected chi connectivity index (χ3v) is 11.9. The van der Waals surface area contributed by atoms with Gasteiger partial charge in [-0.2, -0.15) is 0 Å². The van der Waals surface area contributed by atoms with E-state index in [-0.39, 0.29) is 12.5 Å². The Morgan fingerprint density at radius 3 is 1.43 bits per heavy atom. The van der Waals surface area contributed by atoms with Crippen molar-refractivity contribution in [3.8, 4) is 0 Å². The molecule has 1 heterocycles. The summed E-state index contributed by atoms with van der Waals surface area (Å²) >= 11 is 0.